The Kier molecular flexibility index (Phi) is 3.76. The molecule has 0 aromatic carbocycles. The number of aromatic nitrogens is 1. The van der Waals surface area contributed by atoms with Crippen LogP contribution in [-0.2, 0) is 4.74 Å². The summed E-state index contributed by atoms with van der Waals surface area (Å²) in [5, 5.41) is 0. The average Bonchev–Trinajstić information content (AvgIpc) is 2.37. The summed E-state index contributed by atoms with van der Waals surface area (Å²) in [4.78, 5) is 17.3. The van der Waals surface area contributed by atoms with Gasteiger partial charge in [-0.25, -0.2) is 0 Å². The van der Waals surface area contributed by atoms with Crippen molar-refractivity contribution in [1.82, 2.24) is 9.88 Å². The topological polar surface area (TPSA) is 51.7 Å². The Balaban J connectivity index is 2.19. The minimum absolute atomic E-state index is 0.00344. The quantitative estimate of drug-likeness (QED) is 0.741. The molecular weight excluding hydrogens is 239 g/mol. The summed E-state index contributed by atoms with van der Waals surface area (Å²) in [6, 6.07) is 2.55. The molecule has 0 saturated carbocycles. The van der Waals surface area contributed by atoms with Crippen LogP contribution >= 0.6 is 0 Å². The number of nitrogens with zero attached hydrogens (tertiary/aromatic N) is 2. The molecule has 0 unspecified atom stereocenters. The second-order valence-electron chi connectivity index (χ2n) is 4.15. The van der Waals surface area contributed by atoms with Crippen molar-refractivity contribution in [2.24, 2.45) is 0 Å². The van der Waals surface area contributed by atoms with Gasteiger partial charge in [0.05, 0.1) is 19.8 Å². The number of hydrogen-bond acceptors (Lipinski definition) is 4. The van der Waals surface area contributed by atoms with Gasteiger partial charge in [-0.1, -0.05) is 0 Å². The number of pyridine rings is 1. The second-order valence-corrected chi connectivity index (χ2v) is 4.15. The lowest BCUT2D eigenvalue weighted by molar-refractivity contribution is -0.0124. The summed E-state index contributed by atoms with van der Waals surface area (Å²) in [6.07, 6.45) is -0.00344. The number of carbonyl (C=O) groups is 1. The maximum absolute atomic E-state index is 13.2. The lowest BCUT2D eigenvalue weighted by Gasteiger charge is -2.31. The first-order valence-corrected chi connectivity index (χ1v) is 5.72. The van der Waals surface area contributed by atoms with Gasteiger partial charge in [0, 0.05) is 30.8 Å². The molecule has 2 heterocycles. The van der Waals surface area contributed by atoms with E-state index in [4.69, 9.17) is 9.47 Å². The number of methoxy groups -OCH3 is 1. The van der Waals surface area contributed by atoms with Gasteiger partial charge in [0.1, 0.15) is 0 Å². The number of morpholine rings is 1. The third kappa shape index (κ3) is 2.76. The number of rotatable bonds is 2. The molecule has 0 aliphatic carbocycles. The largest absolute Gasteiger partial charge is 0.481 e. The van der Waals surface area contributed by atoms with Crippen LogP contribution in [0, 0.1) is 5.95 Å². The monoisotopic (exact) mass is 254 g/mol. The van der Waals surface area contributed by atoms with Gasteiger partial charge in [-0.3, -0.25) is 4.79 Å². The van der Waals surface area contributed by atoms with E-state index in [9.17, 15) is 9.18 Å². The fourth-order valence-corrected chi connectivity index (χ4v) is 1.89. The van der Waals surface area contributed by atoms with Gasteiger partial charge in [-0.05, 0) is 6.92 Å². The van der Waals surface area contributed by atoms with Gasteiger partial charge in [0.15, 0.2) is 0 Å². The molecule has 1 fully saturated rings. The summed E-state index contributed by atoms with van der Waals surface area (Å²) in [5.41, 5.74) is 0.244. The molecule has 0 N–H and O–H groups in total. The Morgan fingerprint density at radius 3 is 3.06 bits per heavy atom. The van der Waals surface area contributed by atoms with Gasteiger partial charge >= 0.3 is 0 Å². The zero-order valence-electron chi connectivity index (χ0n) is 10.4. The van der Waals surface area contributed by atoms with Crippen LogP contribution in [0.2, 0.25) is 0 Å². The Labute approximate surface area is 105 Å². The van der Waals surface area contributed by atoms with Crippen LogP contribution in [0.25, 0.3) is 0 Å². The summed E-state index contributed by atoms with van der Waals surface area (Å²) in [6.45, 7) is 3.41. The van der Waals surface area contributed by atoms with Crippen molar-refractivity contribution >= 4 is 5.91 Å². The molecule has 1 aliphatic rings. The van der Waals surface area contributed by atoms with E-state index in [1.807, 2.05) is 6.92 Å². The Morgan fingerprint density at radius 1 is 1.61 bits per heavy atom. The minimum Gasteiger partial charge on any atom is -0.481 e. The first-order valence-electron chi connectivity index (χ1n) is 5.72. The average molecular weight is 254 g/mol. The molecule has 18 heavy (non-hydrogen) atoms. The molecular formula is C12H15FN2O3. The molecule has 1 aliphatic heterocycles. The third-order valence-corrected chi connectivity index (χ3v) is 2.75. The van der Waals surface area contributed by atoms with Crippen molar-refractivity contribution in [2.75, 3.05) is 26.8 Å². The standard InChI is InChI=1S/C12H15FN2O3/c1-8-7-15(3-4-18-8)12(16)9-5-10(13)14-11(6-9)17-2/h5-6,8H,3-4,7H2,1-2H3/t8-/m0/s1. The molecule has 1 amide bonds. The molecule has 2 rings (SSSR count). The third-order valence-electron chi connectivity index (χ3n) is 2.75. The highest BCUT2D eigenvalue weighted by Gasteiger charge is 2.23. The van der Waals surface area contributed by atoms with Crippen molar-refractivity contribution in [1.29, 1.82) is 0 Å². The van der Waals surface area contributed by atoms with Gasteiger partial charge in [-0.15, -0.1) is 0 Å². The number of amides is 1. The van der Waals surface area contributed by atoms with E-state index < -0.39 is 5.95 Å². The van der Waals surface area contributed by atoms with E-state index in [1.165, 1.54) is 13.2 Å². The maximum atomic E-state index is 13.2. The number of ether oxygens (including phenoxy) is 2. The van der Waals surface area contributed by atoms with Gasteiger partial charge in [0.2, 0.25) is 11.8 Å². The predicted octanol–water partition coefficient (Wildman–Crippen LogP) is 1.09. The molecule has 1 atom stereocenters. The van der Waals surface area contributed by atoms with E-state index in [2.05, 4.69) is 4.98 Å². The van der Waals surface area contributed by atoms with Crippen molar-refractivity contribution in [3.8, 4) is 5.88 Å². The Morgan fingerprint density at radius 2 is 2.39 bits per heavy atom. The molecule has 1 aromatic rings. The first kappa shape index (κ1) is 12.8. The zero-order valence-corrected chi connectivity index (χ0v) is 10.4. The Hall–Kier alpha value is -1.69. The maximum Gasteiger partial charge on any atom is 0.254 e. The molecule has 0 radical (unpaired) electrons. The van der Waals surface area contributed by atoms with Gasteiger partial charge in [-0.2, -0.15) is 9.37 Å². The van der Waals surface area contributed by atoms with E-state index in [1.54, 1.807) is 4.90 Å². The van der Waals surface area contributed by atoms with E-state index in [-0.39, 0.29) is 23.5 Å². The molecule has 1 aromatic heterocycles. The van der Waals surface area contributed by atoms with Crippen LogP contribution in [0.3, 0.4) is 0 Å². The highest BCUT2D eigenvalue weighted by atomic mass is 19.1. The van der Waals surface area contributed by atoms with E-state index >= 15 is 0 Å². The fourth-order valence-electron chi connectivity index (χ4n) is 1.89. The number of carbonyl (C=O) groups excluding carboxylic acids is 1. The first-order chi connectivity index (χ1) is 8.60. The Bertz CT molecular complexity index is 453. The number of halogens is 1. The normalized spacial score (nSPS) is 19.7. The van der Waals surface area contributed by atoms with Crippen LogP contribution in [0.4, 0.5) is 4.39 Å². The van der Waals surface area contributed by atoms with Crippen LogP contribution < -0.4 is 4.74 Å². The summed E-state index contributed by atoms with van der Waals surface area (Å²) >= 11 is 0. The smallest absolute Gasteiger partial charge is 0.254 e. The fraction of sp³-hybridized carbons (Fsp3) is 0.500. The highest BCUT2D eigenvalue weighted by Crippen LogP contribution is 2.15. The lowest BCUT2D eigenvalue weighted by Crippen LogP contribution is -2.44. The molecule has 1 saturated heterocycles. The van der Waals surface area contributed by atoms with Crippen LogP contribution in [0.1, 0.15) is 17.3 Å². The van der Waals surface area contributed by atoms with Crippen LogP contribution in [-0.4, -0.2) is 48.7 Å². The summed E-state index contributed by atoms with van der Waals surface area (Å²) < 4.78 is 23.4. The second kappa shape index (κ2) is 5.30. The number of hydrogen-bond donors (Lipinski definition) is 0. The zero-order chi connectivity index (χ0) is 13.1. The summed E-state index contributed by atoms with van der Waals surface area (Å²) in [5.74, 6) is -0.858. The van der Waals surface area contributed by atoms with Crippen molar-refractivity contribution < 1.29 is 18.7 Å². The SMILES string of the molecule is COc1cc(C(=O)N2CCO[C@@H](C)C2)cc(F)n1. The van der Waals surface area contributed by atoms with Crippen molar-refractivity contribution in [2.45, 2.75) is 13.0 Å². The van der Waals surface area contributed by atoms with Gasteiger partial charge in [0.25, 0.3) is 5.91 Å². The molecule has 0 spiro atoms. The van der Waals surface area contributed by atoms with Crippen LogP contribution in [0.15, 0.2) is 12.1 Å². The molecule has 0 bridgehead atoms. The van der Waals surface area contributed by atoms with E-state index in [0.717, 1.165) is 6.07 Å². The molecule has 5 nitrogen and oxygen atoms in total. The highest BCUT2D eigenvalue weighted by molar-refractivity contribution is 5.94. The molecule has 98 valence electrons. The summed E-state index contributed by atoms with van der Waals surface area (Å²) in [7, 11) is 1.38. The minimum atomic E-state index is -0.723. The predicted molar refractivity (Wildman–Crippen MR) is 62.1 cm³/mol. The van der Waals surface area contributed by atoms with Crippen LogP contribution in [0.5, 0.6) is 5.88 Å². The lowest BCUT2D eigenvalue weighted by atomic mass is 10.2. The molecule has 6 heteroatoms. The van der Waals surface area contributed by atoms with Gasteiger partial charge < -0.3 is 14.4 Å². The van der Waals surface area contributed by atoms with Crippen molar-refractivity contribution in [3.05, 3.63) is 23.6 Å². The van der Waals surface area contributed by atoms with Crippen molar-refractivity contribution in [3.63, 3.8) is 0 Å². The van der Waals surface area contributed by atoms with E-state index in [0.29, 0.717) is 19.7 Å².